The van der Waals surface area contributed by atoms with Crippen molar-refractivity contribution in [3.05, 3.63) is 57.0 Å². The third-order valence-electron chi connectivity index (χ3n) is 2.83. The molecule has 4 nitrogen and oxygen atoms in total. The number of rotatable bonds is 6. The molecular formula is C16H13Cl3O4. The summed E-state index contributed by atoms with van der Waals surface area (Å²) in [6.07, 6.45) is 0.465. The molecule has 0 unspecified atom stereocenters. The zero-order valence-corrected chi connectivity index (χ0v) is 14.2. The van der Waals surface area contributed by atoms with Crippen LogP contribution in [0.25, 0.3) is 0 Å². The maximum absolute atomic E-state index is 11.8. The van der Waals surface area contributed by atoms with Gasteiger partial charge in [-0.1, -0.05) is 34.8 Å². The van der Waals surface area contributed by atoms with Crippen molar-refractivity contribution in [3.8, 4) is 11.5 Å². The molecule has 0 saturated carbocycles. The molecular weight excluding hydrogens is 363 g/mol. The minimum atomic E-state index is -0.428. The fraction of sp³-hybridized carbons (Fsp3) is 0.188. The van der Waals surface area contributed by atoms with E-state index in [1.165, 1.54) is 12.1 Å². The van der Waals surface area contributed by atoms with Crippen LogP contribution in [0.2, 0.25) is 15.1 Å². The van der Waals surface area contributed by atoms with Crippen LogP contribution in [0.15, 0.2) is 36.4 Å². The van der Waals surface area contributed by atoms with E-state index in [0.717, 1.165) is 0 Å². The second-order valence-electron chi connectivity index (χ2n) is 4.58. The minimum absolute atomic E-state index is 0.0377. The van der Waals surface area contributed by atoms with Crippen molar-refractivity contribution < 1.29 is 19.4 Å². The molecule has 0 heterocycles. The highest BCUT2D eigenvalue weighted by Crippen LogP contribution is 2.36. The van der Waals surface area contributed by atoms with E-state index in [-0.39, 0.29) is 34.8 Å². The predicted molar refractivity (Wildman–Crippen MR) is 90.0 cm³/mol. The zero-order valence-electron chi connectivity index (χ0n) is 11.9. The van der Waals surface area contributed by atoms with E-state index in [2.05, 4.69) is 0 Å². The van der Waals surface area contributed by atoms with Crippen LogP contribution in [0.5, 0.6) is 11.5 Å². The Kier molecular flexibility index (Phi) is 6.39. The van der Waals surface area contributed by atoms with Gasteiger partial charge in [0.15, 0.2) is 5.75 Å². The summed E-state index contributed by atoms with van der Waals surface area (Å²) >= 11 is 17.6. The summed E-state index contributed by atoms with van der Waals surface area (Å²) in [5, 5.41) is 10.3. The van der Waals surface area contributed by atoms with E-state index in [9.17, 15) is 9.90 Å². The first-order valence-electron chi connectivity index (χ1n) is 6.71. The van der Waals surface area contributed by atoms with Crippen LogP contribution in [0.3, 0.4) is 0 Å². The van der Waals surface area contributed by atoms with Crippen molar-refractivity contribution in [2.24, 2.45) is 0 Å². The first kappa shape index (κ1) is 17.7. The van der Waals surface area contributed by atoms with Crippen molar-refractivity contribution in [1.29, 1.82) is 0 Å². The van der Waals surface area contributed by atoms with E-state index < -0.39 is 5.97 Å². The maximum atomic E-state index is 11.8. The van der Waals surface area contributed by atoms with Gasteiger partial charge in [0.05, 0.1) is 28.8 Å². The van der Waals surface area contributed by atoms with E-state index in [0.29, 0.717) is 17.0 Å². The van der Waals surface area contributed by atoms with Crippen LogP contribution in [-0.2, 0) is 4.74 Å². The highest BCUT2D eigenvalue weighted by atomic mass is 35.5. The monoisotopic (exact) mass is 374 g/mol. The Morgan fingerprint density at radius 1 is 1.00 bits per heavy atom. The summed E-state index contributed by atoms with van der Waals surface area (Å²) in [6.45, 7) is 0.451. The average Bonchev–Trinajstić information content (AvgIpc) is 2.49. The Labute approximate surface area is 148 Å². The van der Waals surface area contributed by atoms with E-state index in [1.807, 2.05) is 0 Å². The van der Waals surface area contributed by atoms with Gasteiger partial charge in [0, 0.05) is 23.6 Å². The van der Waals surface area contributed by atoms with Crippen LogP contribution in [0, 0.1) is 0 Å². The van der Waals surface area contributed by atoms with Gasteiger partial charge in [-0.3, -0.25) is 0 Å². The molecule has 23 heavy (non-hydrogen) atoms. The van der Waals surface area contributed by atoms with Gasteiger partial charge >= 0.3 is 5.97 Å². The standard InChI is InChI=1S/C16H13Cl3O4/c17-11-4-2-10(3-5-11)16(21)23-7-1-6-22-15-13(18)8-12(20)9-14(15)19/h2-5,8-9,20H,1,6-7H2. The quantitative estimate of drug-likeness (QED) is 0.571. The first-order valence-corrected chi connectivity index (χ1v) is 7.84. The molecule has 0 aromatic heterocycles. The molecule has 1 N–H and O–H groups in total. The molecule has 0 saturated heterocycles. The maximum Gasteiger partial charge on any atom is 0.338 e. The van der Waals surface area contributed by atoms with Crippen molar-refractivity contribution in [2.45, 2.75) is 6.42 Å². The van der Waals surface area contributed by atoms with Gasteiger partial charge in [-0.25, -0.2) is 4.79 Å². The molecule has 7 heteroatoms. The summed E-state index contributed by atoms with van der Waals surface area (Å²) in [5.74, 6) is -0.179. The molecule has 2 rings (SSSR count). The lowest BCUT2D eigenvalue weighted by atomic mass is 10.2. The lowest BCUT2D eigenvalue weighted by Crippen LogP contribution is -2.09. The highest BCUT2D eigenvalue weighted by molar-refractivity contribution is 6.37. The summed E-state index contributed by atoms with van der Waals surface area (Å²) in [7, 11) is 0. The Balaban J connectivity index is 1.76. The van der Waals surface area contributed by atoms with E-state index >= 15 is 0 Å². The van der Waals surface area contributed by atoms with Gasteiger partial charge in [-0.2, -0.15) is 0 Å². The van der Waals surface area contributed by atoms with E-state index in [1.54, 1.807) is 24.3 Å². The third-order valence-corrected chi connectivity index (χ3v) is 3.64. The summed E-state index contributed by atoms with van der Waals surface area (Å²) < 4.78 is 10.6. The first-order chi connectivity index (χ1) is 11.0. The fourth-order valence-corrected chi connectivity index (χ4v) is 2.46. The number of hydrogen-bond donors (Lipinski definition) is 1. The lowest BCUT2D eigenvalue weighted by molar-refractivity contribution is 0.0486. The van der Waals surface area contributed by atoms with Crippen molar-refractivity contribution >= 4 is 40.8 Å². The smallest absolute Gasteiger partial charge is 0.338 e. The number of benzene rings is 2. The van der Waals surface area contributed by atoms with Crippen LogP contribution >= 0.6 is 34.8 Å². The molecule has 0 aliphatic carbocycles. The number of phenolic OH excluding ortho intramolecular Hbond substituents is 1. The lowest BCUT2D eigenvalue weighted by Gasteiger charge is -2.10. The molecule has 0 bridgehead atoms. The molecule has 0 fully saturated rings. The number of aromatic hydroxyl groups is 1. The molecule has 0 amide bonds. The number of halogens is 3. The number of carbonyl (C=O) groups is 1. The summed E-state index contributed by atoms with van der Waals surface area (Å²) in [5.41, 5.74) is 0.431. The molecule has 0 aliphatic rings. The molecule has 2 aromatic carbocycles. The van der Waals surface area contributed by atoms with Crippen molar-refractivity contribution in [1.82, 2.24) is 0 Å². The molecule has 0 spiro atoms. The summed E-state index contributed by atoms with van der Waals surface area (Å²) in [4.78, 5) is 11.8. The zero-order chi connectivity index (χ0) is 16.8. The van der Waals surface area contributed by atoms with Crippen LogP contribution in [0.4, 0.5) is 0 Å². The second-order valence-corrected chi connectivity index (χ2v) is 5.83. The van der Waals surface area contributed by atoms with Crippen molar-refractivity contribution in [2.75, 3.05) is 13.2 Å². The van der Waals surface area contributed by atoms with Gasteiger partial charge in [0.1, 0.15) is 5.75 Å². The van der Waals surface area contributed by atoms with Crippen LogP contribution in [-0.4, -0.2) is 24.3 Å². The van der Waals surface area contributed by atoms with Gasteiger partial charge < -0.3 is 14.6 Å². The van der Waals surface area contributed by atoms with Gasteiger partial charge in [-0.05, 0) is 24.3 Å². The number of phenols is 1. The molecule has 0 radical (unpaired) electrons. The SMILES string of the molecule is O=C(OCCCOc1c(Cl)cc(O)cc1Cl)c1ccc(Cl)cc1. The highest BCUT2D eigenvalue weighted by Gasteiger charge is 2.10. The van der Waals surface area contributed by atoms with Gasteiger partial charge in [0.2, 0.25) is 0 Å². The molecule has 0 atom stereocenters. The summed E-state index contributed by atoms with van der Waals surface area (Å²) in [6, 6.07) is 9.10. The predicted octanol–water partition coefficient (Wildman–Crippen LogP) is 4.98. The Morgan fingerprint density at radius 3 is 2.22 bits per heavy atom. The number of esters is 1. The normalized spacial score (nSPS) is 10.4. The number of carbonyl (C=O) groups excluding carboxylic acids is 1. The van der Waals surface area contributed by atoms with Crippen molar-refractivity contribution in [3.63, 3.8) is 0 Å². The van der Waals surface area contributed by atoms with Crippen LogP contribution in [0.1, 0.15) is 16.8 Å². The number of ether oxygens (including phenoxy) is 2. The van der Waals surface area contributed by atoms with Gasteiger partial charge in [-0.15, -0.1) is 0 Å². The fourth-order valence-electron chi connectivity index (χ4n) is 1.75. The molecule has 2 aromatic rings. The number of hydrogen-bond acceptors (Lipinski definition) is 4. The molecule has 122 valence electrons. The van der Waals surface area contributed by atoms with Gasteiger partial charge in [0.25, 0.3) is 0 Å². The average molecular weight is 376 g/mol. The Hall–Kier alpha value is -1.62. The Bertz CT molecular complexity index is 663. The topological polar surface area (TPSA) is 55.8 Å². The third kappa shape index (κ3) is 5.20. The van der Waals surface area contributed by atoms with E-state index in [4.69, 9.17) is 44.3 Å². The molecule has 0 aliphatic heterocycles. The largest absolute Gasteiger partial charge is 0.508 e. The second kappa shape index (κ2) is 8.29. The minimum Gasteiger partial charge on any atom is -0.508 e. The Morgan fingerprint density at radius 2 is 1.61 bits per heavy atom. The van der Waals surface area contributed by atoms with Crippen LogP contribution < -0.4 is 4.74 Å².